The lowest BCUT2D eigenvalue weighted by molar-refractivity contribution is -0.659. The fraction of sp³-hybridized carbons (Fsp3) is 0.345. The van der Waals surface area contributed by atoms with Crippen LogP contribution in [-0.4, -0.2) is 9.97 Å². The first-order chi connectivity index (χ1) is 28.1. The standard InChI is InChI=1S/C55H58N4O/c1-31-27-43(53(8,9)10)56-38-21-16-33-18-26-46-55(36-28-34(51(2,3)4)19-23-41(36)60-42-24-20-35(29-37(42)55)52(5,6)7)45-25-17-32-15-22-39-48(49(32)58(45)14)40(59(46)50(33)47(31)38)30-44(57-39)54(11,12)13/h15-30H,1-14H3/q+2. The third kappa shape index (κ3) is 5.36. The molecule has 0 radical (unpaired) electrons. The molecule has 0 unspecified atom stereocenters. The highest BCUT2D eigenvalue weighted by Gasteiger charge is 2.58. The number of nitrogens with zero attached hydrogens (tertiary/aromatic N) is 4. The van der Waals surface area contributed by atoms with Gasteiger partial charge < -0.3 is 4.74 Å². The Labute approximate surface area is 355 Å². The Morgan fingerprint density at radius 1 is 0.500 bits per heavy atom. The summed E-state index contributed by atoms with van der Waals surface area (Å²) >= 11 is 0. The van der Waals surface area contributed by atoms with E-state index in [-0.39, 0.29) is 21.7 Å². The molecule has 0 saturated carbocycles. The van der Waals surface area contributed by atoms with E-state index in [2.05, 4.69) is 203 Å². The van der Waals surface area contributed by atoms with Gasteiger partial charge in [-0.1, -0.05) is 95.2 Å². The van der Waals surface area contributed by atoms with Crippen LogP contribution in [0.1, 0.15) is 134 Å². The van der Waals surface area contributed by atoms with Crippen LogP contribution in [0.3, 0.4) is 0 Å². The minimum Gasteiger partial charge on any atom is -0.457 e. The van der Waals surface area contributed by atoms with Gasteiger partial charge in [0.25, 0.3) is 0 Å². The Bertz CT molecular complexity index is 3120. The molecule has 1 spiro atoms. The number of aryl methyl sites for hydroxylation is 2. The van der Waals surface area contributed by atoms with Gasteiger partial charge in [0.2, 0.25) is 28.1 Å². The molecule has 2 bridgehead atoms. The zero-order valence-electron chi connectivity index (χ0n) is 37.9. The minimum absolute atomic E-state index is 0.104. The van der Waals surface area contributed by atoms with Crippen LogP contribution in [0.4, 0.5) is 0 Å². The van der Waals surface area contributed by atoms with Gasteiger partial charge in [0.05, 0.1) is 22.1 Å². The van der Waals surface area contributed by atoms with Gasteiger partial charge in [0.1, 0.15) is 23.9 Å². The predicted molar refractivity (Wildman–Crippen MR) is 246 cm³/mol. The molecule has 2 aliphatic heterocycles. The molecule has 0 atom stereocenters. The highest BCUT2D eigenvalue weighted by Crippen LogP contribution is 2.56. The predicted octanol–water partition coefficient (Wildman–Crippen LogP) is 12.5. The molecule has 0 fully saturated rings. The summed E-state index contributed by atoms with van der Waals surface area (Å²) in [5.74, 6) is 1.75. The van der Waals surface area contributed by atoms with E-state index in [4.69, 9.17) is 14.7 Å². The Kier molecular flexibility index (Phi) is 7.84. The van der Waals surface area contributed by atoms with Crippen molar-refractivity contribution in [3.8, 4) is 17.2 Å². The molecule has 302 valence electrons. The van der Waals surface area contributed by atoms with E-state index in [1.54, 1.807) is 0 Å². The summed E-state index contributed by atoms with van der Waals surface area (Å²) in [5, 5.41) is 4.65. The summed E-state index contributed by atoms with van der Waals surface area (Å²) < 4.78 is 12.2. The van der Waals surface area contributed by atoms with Gasteiger partial charge in [-0.25, -0.2) is 0 Å². The maximum Gasteiger partial charge on any atom is 0.229 e. The summed E-state index contributed by atoms with van der Waals surface area (Å²) in [5.41, 5.74) is 14.6. The van der Waals surface area contributed by atoms with E-state index in [1.807, 2.05) is 0 Å². The maximum atomic E-state index is 7.10. The molecule has 6 heterocycles. The lowest BCUT2D eigenvalue weighted by atomic mass is 9.64. The molecule has 5 heteroatoms. The topological polar surface area (TPSA) is 42.8 Å². The van der Waals surface area contributed by atoms with E-state index in [9.17, 15) is 0 Å². The number of hydrogen-bond acceptors (Lipinski definition) is 3. The molecule has 10 rings (SSSR count). The molecular weight excluding hydrogens is 733 g/mol. The molecule has 5 nitrogen and oxygen atoms in total. The van der Waals surface area contributed by atoms with Crippen LogP contribution >= 0.6 is 0 Å². The van der Waals surface area contributed by atoms with Crippen LogP contribution in [0.5, 0.6) is 11.5 Å². The van der Waals surface area contributed by atoms with E-state index in [1.165, 1.54) is 38.7 Å². The van der Waals surface area contributed by atoms with Gasteiger partial charge in [-0.05, 0) is 101 Å². The number of aromatic nitrogens is 4. The quantitative estimate of drug-likeness (QED) is 0.113. The van der Waals surface area contributed by atoms with E-state index < -0.39 is 5.41 Å². The second kappa shape index (κ2) is 12.2. The smallest absolute Gasteiger partial charge is 0.229 e. The number of fused-ring (bicyclic) bond motifs is 13. The molecule has 4 aromatic carbocycles. The third-order valence-corrected chi connectivity index (χ3v) is 13.4. The lowest BCUT2D eigenvalue weighted by Gasteiger charge is -2.39. The summed E-state index contributed by atoms with van der Waals surface area (Å²) in [6.07, 6.45) is 0. The second-order valence-electron chi connectivity index (χ2n) is 21.8. The van der Waals surface area contributed by atoms with Crippen molar-refractivity contribution in [3.63, 3.8) is 0 Å². The van der Waals surface area contributed by atoms with Gasteiger partial charge in [0.15, 0.2) is 5.41 Å². The van der Waals surface area contributed by atoms with Gasteiger partial charge in [-0.15, -0.1) is 0 Å². The zero-order chi connectivity index (χ0) is 42.6. The Morgan fingerprint density at radius 3 is 1.52 bits per heavy atom. The number of ether oxygens (including phenoxy) is 1. The normalized spacial score (nSPS) is 14.8. The van der Waals surface area contributed by atoms with Crippen LogP contribution in [0.15, 0.2) is 97.1 Å². The number of pyridine rings is 4. The van der Waals surface area contributed by atoms with Crippen LogP contribution in [0.2, 0.25) is 0 Å². The van der Waals surface area contributed by atoms with Crippen LogP contribution in [0, 0.1) is 6.92 Å². The first kappa shape index (κ1) is 38.5. The summed E-state index contributed by atoms with van der Waals surface area (Å²) in [4.78, 5) is 10.9. The largest absolute Gasteiger partial charge is 0.457 e. The van der Waals surface area contributed by atoms with Gasteiger partial charge in [0, 0.05) is 56.6 Å². The summed E-state index contributed by atoms with van der Waals surface area (Å²) in [6.45, 7) is 29.7. The van der Waals surface area contributed by atoms with Crippen molar-refractivity contribution in [1.29, 1.82) is 0 Å². The first-order valence-corrected chi connectivity index (χ1v) is 21.6. The Morgan fingerprint density at radius 2 is 0.983 bits per heavy atom. The fourth-order valence-corrected chi connectivity index (χ4v) is 10.0. The van der Waals surface area contributed by atoms with Gasteiger partial charge in [-0.2, -0.15) is 9.13 Å². The molecular formula is C55H58N4O+2. The van der Waals surface area contributed by atoms with Crippen LogP contribution < -0.4 is 13.9 Å². The van der Waals surface area contributed by atoms with Crippen molar-refractivity contribution < 1.29 is 13.9 Å². The number of benzene rings is 4. The van der Waals surface area contributed by atoms with Crippen molar-refractivity contribution >= 4 is 43.6 Å². The lowest BCUT2D eigenvalue weighted by Crippen LogP contribution is -2.55. The molecule has 0 amide bonds. The van der Waals surface area contributed by atoms with E-state index >= 15 is 0 Å². The monoisotopic (exact) mass is 790 g/mol. The van der Waals surface area contributed by atoms with Crippen LogP contribution in [-0.2, 0) is 34.1 Å². The Balaban J connectivity index is 1.55. The van der Waals surface area contributed by atoms with Gasteiger partial charge >= 0.3 is 0 Å². The number of rotatable bonds is 0. The highest BCUT2D eigenvalue weighted by molar-refractivity contribution is 6.08. The highest BCUT2D eigenvalue weighted by atomic mass is 16.5. The Hall–Kier alpha value is -5.68. The van der Waals surface area contributed by atoms with E-state index in [0.29, 0.717) is 0 Å². The molecule has 0 saturated heterocycles. The molecule has 0 aliphatic carbocycles. The van der Waals surface area contributed by atoms with Crippen molar-refractivity contribution in [2.75, 3.05) is 0 Å². The third-order valence-electron chi connectivity index (χ3n) is 13.4. The minimum atomic E-state index is -0.831. The molecule has 60 heavy (non-hydrogen) atoms. The summed E-state index contributed by atoms with van der Waals surface area (Å²) in [7, 11) is 2.27. The van der Waals surface area contributed by atoms with Crippen molar-refractivity contribution in [2.24, 2.45) is 7.05 Å². The van der Waals surface area contributed by atoms with Crippen LogP contribution in [0.25, 0.3) is 49.3 Å². The zero-order valence-corrected chi connectivity index (χ0v) is 37.9. The van der Waals surface area contributed by atoms with Crippen molar-refractivity contribution in [3.05, 3.63) is 148 Å². The maximum absolute atomic E-state index is 7.10. The van der Waals surface area contributed by atoms with Crippen molar-refractivity contribution in [2.45, 2.75) is 117 Å². The van der Waals surface area contributed by atoms with E-state index in [0.717, 1.165) is 72.7 Å². The first-order valence-electron chi connectivity index (χ1n) is 21.6. The SMILES string of the molecule is Cc1cc(C(C)(C)C)nc2ccc3ccc4[n+](c3c12)-c1cc(C(C)(C)C)nc2ccc3ccc([n+](C)c3c12)C41c2cc(C(C)(C)C)ccc2Oc2ccc(C(C)(C)C)cc21. The number of hydrogen-bond donors (Lipinski definition) is 0. The second-order valence-corrected chi connectivity index (χ2v) is 21.8. The molecule has 8 aromatic rings. The average molecular weight is 791 g/mol. The molecule has 4 aromatic heterocycles. The van der Waals surface area contributed by atoms with Crippen molar-refractivity contribution in [1.82, 2.24) is 9.97 Å². The average Bonchev–Trinajstić information content (AvgIpc) is 3.17. The summed E-state index contributed by atoms with van der Waals surface area (Å²) in [6, 6.07) is 37.0. The molecule has 0 N–H and O–H groups in total. The fourth-order valence-electron chi connectivity index (χ4n) is 10.0. The molecule has 2 aliphatic rings. The van der Waals surface area contributed by atoms with Gasteiger partial charge in [-0.3, -0.25) is 9.97 Å².